The number of benzene rings is 5. The predicted octanol–water partition coefficient (Wildman–Crippen LogP) is 19.0. The summed E-state index contributed by atoms with van der Waals surface area (Å²) in [6, 6.07) is 40.1. The van der Waals surface area contributed by atoms with Gasteiger partial charge in [-0.3, -0.25) is 44.4 Å². The average molecular weight is 2060 g/mol. The first-order chi connectivity index (χ1) is 73.0. The number of pyridine rings is 1. The number of piperazine rings is 5. The van der Waals surface area contributed by atoms with E-state index < -0.39 is 0 Å². The molecule has 0 unspecified atom stereocenters. The number of aromatic nitrogens is 17. The first-order valence-electron chi connectivity index (χ1n) is 55.5. The molecule has 15 aromatic rings. The highest BCUT2D eigenvalue weighted by Gasteiger charge is 2.50. The zero-order valence-electron chi connectivity index (χ0n) is 91.0. The van der Waals surface area contributed by atoms with Crippen LogP contribution < -0.4 is 24.5 Å². The lowest BCUT2D eigenvalue weighted by Crippen LogP contribution is -2.53. The molecule has 26 rings (SSSR count). The van der Waals surface area contributed by atoms with Crippen molar-refractivity contribution in [2.75, 3.05) is 219 Å². The number of nitrogens with zero attached hydrogens (tertiary/aromatic N) is 27. The summed E-state index contributed by atoms with van der Waals surface area (Å²) in [5.41, 5.74) is 30.7. The molecule has 32 nitrogen and oxygen atoms in total. The summed E-state index contributed by atoms with van der Waals surface area (Å²) in [7, 11) is 22.2. The number of piperidine rings is 5. The first-order valence-corrected chi connectivity index (χ1v) is 57.2. The summed E-state index contributed by atoms with van der Waals surface area (Å²) < 4.78 is 4.70. The van der Waals surface area contributed by atoms with Crippen LogP contribution in [0.2, 0.25) is 0 Å². The quantitative estimate of drug-likeness (QED) is 0.0637. The number of hydrogen-bond acceptors (Lipinski definition) is 29. The van der Waals surface area contributed by atoms with E-state index in [2.05, 4.69) is 331 Å². The Morgan fingerprint density at radius 1 is 0.300 bits per heavy atom. The molecule has 1 spiro atoms. The van der Waals surface area contributed by atoms with E-state index in [9.17, 15) is 0 Å². The highest BCUT2D eigenvalue weighted by Crippen LogP contribution is 2.50. The summed E-state index contributed by atoms with van der Waals surface area (Å²) in [5, 5.41) is 2.16. The molecule has 150 heavy (non-hydrogen) atoms. The number of likely N-dealkylation sites (tertiary alicyclic amines) is 5. The van der Waals surface area contributed by atoms with E-state index in [0.29, 0.717) is 41.8 Å². The SMILES string of the molecule is Cc1cccnc1[C@@H]1CCC[C@H](c2nc3c(N4CCN(C)C5(CC5)C4)cccc3[nH]2)N1C.Cc1cncnc1[C@@H]1CCC[C@H](c2nc3c(N4CCN(C)CC4)cccc3[nH]2)N1C.Cc1csnc1[C@@H]1CCC[C@H](c2nc3c(N4CCN(C)CC4)cccc3[nH]2)N1C.Cc1nccnc1[C@@H]1CCC[C@H](c2nc3c(N4CCN(C)CC4)cccc3[nH]2)N1C.Cc1scnc1[C@@H]1CCC[C@H](c2nc3c(N4CCN(C)CC4)cccc3[nH]2)N1C. The molecule has 0 radical (unpaired) electrons. The number of para-hydroxylation sites is 5. The van der Waals surface area contributed by atoms with Crippen LogP contribution in [0.1, 0.15) is 254 Å². The van der Waals surface area contributed by atoms with Gasteiger partial charge in [0.2, 0.25) is 0 Å². The number of fused-ring (bicyclic) bond motifs is 5. The van der Waals surface area contributed by atoms with Gasteiger partial charge in [0.05, 0.1) is 156 Å². The largest absolute Gasteiger partial charge is 0.367 e. The van der Waals surface area contributed by atoms with Gasteiger partial charge in [0, 0.05) is 165 Å². The fourth-order valence-electron chi connectivity index (χ4n) is 25.9. The van der Waals surface area contributed by atoms with E-state index in [-0.39, 0.29) is 24.2 Å². The molecule has 10 atom stereocenters. The van der Waals surface area contributed by atoms with Gasteiger partial charge in [-0.1, -0.05) is 36.4 Å². The molecule has 11 aliphatic rings. The zero-order chi connectivity index (χ0) is 103. The average Bonchev–Trinajstić information content (AvgIpc) is 1.59. The van der Waals surface area contributed by atoms with E-state index in [4.69, 9.17) is 34.3 Å². The second kappa shape index (κ2) is 45.1. The van der Waals surface area contributed by atoms with Gasteiger partial charge in [-0.15, -0.1) is 11.3 Å². The molecule has 11 fully saturated rings. The minimum atomic E-state index is 0.262. The molecule has 10 aromatic heterocycles. The Labute approximate surface area is 892 Å². The Hall–Kier alpha value is -11.4. The molecule has 792 valence electrons. The van der Waals surface area contributed by atoms with Crippen molar-refractivity contribution in [3.05, 3.63) is 230 Å². The maximum Gasteiger partial charge on any atom is 0.124 e. The van der Waals surface area contributed by atoms with Crippen molar-refractivity contribution < 1.29 is 0 Å². The Kier molecular flexibility index (Phi) is 31.0. The van der Waals surface area contributed by atoms with Gasteiger partial charge in [0.25, 0.3) is 0 Å². The Bertz CT molecular complexity index is 6750. The van der Waals surface area contributed by atoms with Crippen molar-refractivity contribution in [2.24, 2.45) is 0 Å². The zero-order valence-corrected chi connectivity index (χ0v) is 92.6. The van der Waals surface area contributed by atoms with Crippen LogP contribution in [0.25, 0.3) is 55.2 Å². The third kappa shape index (κ3) is 21.4. The minimum absolute atomic E-state index is 0.262. The summed E-state index contributed by atoms with van der Waals surface area (Å²) in [5.74, 6) is 5.44. The van der Waals surface area contributed by atoms with Crippen LogP contribution >= 0.6 is 22.9 Å². The Morgan fingerprint density at radius 2 is 0.627 bits per heavy atom. The van der Waals surface area contributed by atoms with Crippen LogP contribution in [-0.4, -0.2) is 333 Å². The molecule has 1 saturated carbocycles. The van der Waals surface area contributed by atoms with Gasteiger partial charge in [0.15, 0.2) is 0 Å². The van der Waals surface area contributed by atoms with E-state index in [1.165, 1.54) is 113 Å². The first kappa shape index (κ1) is 103. The van der Waals surface area contributed by atoms with E-state index in [0.717, 1.165) is 289 Å². The van der Waals surface area contributed by atoms with Crippen molar-refractivity contribution in [1.82, 2.24) is 133 Å². The third-order valence-electron chi connectivity index (χ3n) is 35.4. The number of likely N-dealkylation sites (N-methyl/N-ethyl adjacent to an activating group) is 5. The number of H-pyrrole nitrogens is 5. The van der Waals surface area contributed by atoms with Gasteiger partial charge >= 0.3 is 0 Å². The van der Waals surface area contributed by atoms with E-state index >= 15 is 0 Å². The molecule has 10 saturated heterocycles. The van der Waals surface area contributed by atoms with Gasteiger partial charge in [-0.05, 0) is 309 Å². The van der Waals surface area contributed by atoms with Gasteiger partial charge < -0.3 is 69.0 Å². The van der Waals surface area contributed by atoms with Crippen molar-refractivity contribution in [2.45, 2.75) is 210 Å². The van der Waals surface area contributed by atoms with Gasteiger partial charge in [-0.25, -0.2) is 39.9 Å². The number of aryl methyl sites for hydroxylation is 5. The normalized spacial score (nSPS) is 24.6. The lowest BCUT2D eigenvalue weighted by molar-refractivity contribution is 0.106. The molecule has 0 bridgehead atoms. The topological polar surface area (TPSA) is 282 Å². The smallest absolute Gasteiger partial charge is 0.124 e. The van der Waals surface area contributed by atoms with Crippen LogP contribution in [0.5, 0.6) is 0 Å². The number of imidazole rings is 5. The Morgan fingerprint density at radius 3 is 0.960 bits per heavy atom. The molecule has 5 aromatic carbocycles. The van der Waals surface area contributed by atoms with Gasteiger partial charge in [-0.2, -0.15) is 4.37 Å². The number of rotatable bonds is 15. The third-order valence-corrected chi connectivity index (χ3v) is 36.9. The highest BCUT2D eigenvalue weighted by atomic mass is 32.1. The van der Waals surface area contributed by atoms with Crippen molar-refractivity contribution in [3.8, 4) is 0 Å². The summed E-state index contributed by atoms with van der Waals surface area (Å²) >= 11 is 3.32. The van der Waals surface area contributed by atoms with Gasteiger partial charge in [0.1, 0.15) is 63.0 Å². The number of aromatic amines is 5. The number of nitrogens with one attached hydrogen (secondary N) is 5. The van der Waals surface area contributed by atoms with Crippen LogP contribution in [0.4, 0.5) is 28.4 Å². The molecule has 20 heterocycles. The fourth-order valence-corrected chi connectivity index (χ4v) is 27.3. The molecule has 34 heteroatoms. The second-order valence-corrected chi connectivity index (χ2v) is 46.5. The van der Waals surface area contributed by atoms with Crippen LogP contribution in [-0.2, 0) is 0 Å². The minimum Gasteiger partial charge on any atom is -0.367 e. The number of hydrogen-bond donors (Lipinski definition) is 5. The predicted molar refractivity (Wildman–Crippen MR) is 608 cm³/mol. The van der Waals surface area contributed by atoms with E-state index in [1.54, 1.807) is 35.4 Å². The monoisotopic (exact) mass is 2060 g/mol. The van der Waals surface area contributed by atoms with Crippen molar-refractivity contribution in [3.63, 3.8) is 0 Å². The van der Waals surface area contributed by atoms with Crippen molar-refractivity contribution in [1.29, 1.82) is 0 Å². The maximum absolute atomic E-state index is 5.23. The molecular formula is C116H156N32S2. The van der Waals surface area contributed by atoms with E-state index in [1.807, 2.05) is 30.2 Å². The summed E-state index contributed by atoms with van der Waals surface area (Å²) in [6.07, 6.45) is 29.0. The fraction of sp³-hybridized carbons (Fsp3) is 0.534. The molecule has 1 aliphatic carbocycles. The van der Waals surface area contributed by atoms with Crippen LogP contribution in [0.3, 0.4) is 0 Å². The lowest BCUT2D eigenvalue weighted by atomic mass is 9.92. The van der Waals surface area contributed by atoms with Crippen LogP contribution in [0.15, 0.2) is 145 Å². The molecule has 0 amide bonds. The maximum atomic E-state index is 5.23. The summed E-state index contributed by atoms with van der Waals surface area (Å²) in [4.78, 5) is 110. The molecule has 10 aliphatic heterocycles. The Balaban J connectivity index is 0.000000106. The second-order valence-electron chi connectivity index (χ2n) is 44.8. The highest BCUT2D eigenvalue weighted by molar-refractivity contribution is 7.09. The number of anilines is 5. The summed E-state index contributed by atoms with van der Waals surface area (Å²) in [6.45, 7) is 31.3. The molecular weight excluding hydrogens is 1910 g/mol. The van der Waals surface area contributed by atoms with Crippen LogP contribution in [0, 0.1) is 34.6 Å². The molecule has 5 N–H and O–H groups in total. The lowest BCUT2D eigenvalue weighted by Gasteiger charge is -2.41. The standard InChI is InChI=1S/C26H34N6.2C23H31N7.2C22H30N6S/c1-18-7-6-14-27-23(18)20-9-5-11-22(31(20)3)25-28-19-8-4-10-21(24(19)29-25)32-16-15-30(2)26(17-32)12-13-26;1-16-14-24-15-25-21(16)18-7-5-9-20(29(18)3)23-26-17-6-4-8-19(22(17)27-23)30-12-10-28(2)11-13-30;1-16-21(25-11-10-24-16)18-7-5-9-20(29(18)3)23-26-17-6-4-8-19(22(17)27-23)30-14-12-28(2)13-15-30;1-15-20(23-14-29-15)17-7-5-9-19(27(17)3)22-24-16-6-4-8-18(21(16)25-22)28-12-10-26(2)11-13-28;1-15-14-29-25-20(15)17-7-5-9-19(27(17)3)22-23-16-6-4-8-18(21(16)24-22)28-12-10-26(2)11-13-28/h4,6-8,10,14,20,22H,5,9,11-13,15-17H2,1-3H3,(H,28,29);4,6,8,14-15,18,20H,5,7,9-13H2,1-3H3,(H,26,27);4,6,8,10-11,18,20H,5,7,9,12-15H2,1-3H3,(H,26,27);4,6,8,14,17,19H,5,7,9-13H2,1-3H3,(H,24,25);4,6,8,14,17,19H,5,7,9-13H2,1-3H3,(H,23,24)/t20-,22+;2*18-,20+;2*17-,19+/m00000/s1. The number of thiazole rings is 1. The van der Waals surface area contributed by atoms with Crippen molar-refractivity contribution >= 4 is 106 Å².